The fourth-order valence-electron chi connectivity index (χ4n) is 2.58. The molecule has 0 spiro atoms. The molecule has 0 saturated heterocycles. The molecule has 0 radical (unpaired) electrons. The summed E-state index contributed by atoms with van der Waals surface area (Å²) in [7, 11) is 0. The standard InChI is InChI=1S/C16H27N3O3S/c1-5-21-12-8-11(19-15(20)22-16(2,3)4)14(12)18-9-13-10(17)6-7-23-13/h6-7,11-12,14,18H,5,8-9,17H2,1-4H3,(H,19,20). The van der Waals surface area contributed by atoms with E-state index in [2.05, 4.69) is 10.6 Å². The third-order valence-electron chi connectivity index (χ3n) is 3.68. The van der Waals surface area contributed by atoms with Gasteiger partial charge in [0.1, 0.15) is 5.60 Å². The van der Waals surface area contributed by atoms with Crippen molar-refractivity contribution in [1.29, 1.82) is 0 Å². The van der Waals surface area contributed by atoms with E-state index in [0.717, 1.165) is 17.0 Å². The predicted octanol–water partition coefficient (Wildman–Crippen LogP) is 2.49. The van der Waals surface area contributed by atoms with Gasteiger partial charge in [-0.15, -0.1) is 11.3 Å². The Balaban J connectivity index is 1.89. The summed E-state index contributed by atoms with van der Waals surface area (Å²) in [6, 6.07) is 1.96. The van der Waals surface area contributed by atoms with Crippen LogP contribution in [0.5, 0.6) is 0 Å². The molecule has 1 aromatic rings. The number of nitrogens with two attached hydrogens (primary N) is 1. The fourth-order valence-corrected chi connectivity index (χ4v) is 3.33. The predicted molar refractivity (Wildman–Crippen MR) is 92.5 cm³/mol. The first-order chi connectivity index (χ1) is 10.8. The van der Waals surface area contributed by atoms with Gasteiger partial charge in [-0.1, -0.05) is 0 Å². The van der Waals surface area contributed by atoms with Crippen LogP contribution >= 0.6 is 11.3 Å². The van der Waals surface area contributed by atoms with Gasteiger partial charge in [0.2, 0.25) is 0 Å². The van der Waals surface area contributed by atoms with Crippen LogP contribution in [0.1, 0.15) is 39.0 Å². The fraction of sp³-hybridized carbons (Fsp3) is 0.688. The number of ether oxygens (including phenoxy) is 2. The number of nitrogen functional groups attached to an aromatic ring is 1. The Morgan fingerprint density at radius 2 is 2.22 bits per heavy atom. The van der Waals surface area contributed by atoms with Gasteiger partial charge >= 0.3 is 6.09 Å². The molecule has 1 heterocycles. The van der Waals surface area contributed by atoms with Crippen LogP contribution in [0.25, 0.3) is 0 Å². The van der Waals surface area contributed by atoms with E-state index in [9.17, 15) is 4.79 Å². The van der Waals surface area contributed by atoms with Crippen molar-refractivity contribution in [2.24, 2.45) is 0 Å². The highest BCUT2D eigenvalue weighted by Gasteiger charge is 2.43. The van der Waals surface area contributed by atoms with Crippen LogP contribution in [0.3, 0.4) is 0 Å². The van der Waals surface area contributed by atoms with E-state index >= 15 is 0 Å². The molecule has 0 bridgehead atoms. The zero-order chi connectivity index (χ0) is 17.0. The molecular formula is C16H27N3O3S. The van der Waals surface area contributed by atoms with E-state index in [0.29, 0.717) is 13.2 Å². The lowest BCUT2D eigenvalue weighted by atomic mass is 9.82. The highest BCUT2D eigenvalue weighted by atomic mass is 32.1. The molecule has 23 heavy (non-hydrogen) atoms. The van der Waals surface area contributed by atoms with Gasteiger partial charge in [0.05, 0.1) is 18.2 Å². The van der Waals surface area contributed by atoms with Crippen molar-refractivity contribution in [3.8, 4) is 0 Å². The molecule has 1 aromatic heterocycles. The second kappa shape index (κ2) is 7.51. The summed E-state index contributed by atoms with van der Waals surface area (Å²) in [4.78, 5) is 13.0. The number of hydrogen-bond acceptors (Lipinski definition) is 6. The number of hydrogen-bond donors (Lipinski definition) is 3. The monoisotopic (exact) mass is 341 g/mol. The second-order valence-corrected chi connectivity index (χ2v) is 7.69. The Morgan fingerprint density at radius 3 is 2.78 bits per heavy atom. The molecule has 1 fully saturated rings. The maximum Gasteiger partial charge on any atom is 0.407 e. The number of nitrogens with one attached hydrogen (secondary N) is 2. The van der Waals surface area contributed by atoms with Gasteiger partial charge in [-0.3, -0.25) is 0 Å². The molecular weight excluding hydrogens is 314 g/mol. The van der Waals surface area contributed by atoms with Crippen LogP contribution in [0, 0.1) is 0 Å². The number of thiophene rings is 1. The molecule has 3 unspecified atom stereocenters. The largest absolute Gasteiger partial charge is 0.444 e. The summed E-state index contributed by atoms with van der Waals surface area (Å²) >= 11 is 1.62. The van der Waals surface area contributed by atoms with Gasteiger partial charge in [-0.25, -0.2) is 4.79 Å². The first-order valence-corrected chi connectivity index (χ1v) is 8.84. The molecule has 6 nitrogen and oxygen atoms in total. The number of carbonyl (C=O) groups excluding carboxylic acids is 1. The van der Waals surface area contributed by atoms with Crippen LogP contribution in [-0.4, -0.2) is 36.5 Å². The number of carbonyl (C=O) groups is 1. The SMILES string of the molecule is CCOC1CC(NC(=O)OC(C)(C)C)C1NCc1sccc1N. The smallest absolute Gasteiger partial charge is 0.407 e. The second-order valence-electron chi connectivity index (χ2n) is 6.69. The van der Waals surface area contributed by atoms with Gasteiger partial charge in [0, 0.05) is 23.7 Å². The van der Waals surface area contributed by atoms with Crippen molar-refractivity contribution in [2.75, 3.05) is 12.3 Å². The summed E-state index contributed by atoms with van der Waals surface area (Å²) < 4.78 is 11.0. The molecule has 7 heteroatoms. The molecule has 1 amide bonds. The van der Waals surface area contributed by atoms with E-state index < -0.39 is 5.60 Å². The molecule has 130 valence electrons. The highest BCUT2D eigenvalue weighted by molar-refractivity contribution is 7.10. The van der Waals surface area contributed by atoms with Gasteiger partial charge in [-0.05, 0) is 45.6 Å². The minimum Gasteiger partial charge on any atom is -0.444 e. The third kappa shape index (κ3) is 5.09. The first kappa shape index (κ1) is 18.0. The maximum absolute atomic E-state index is 11.9. The van der Waals surface area contributed by atoms with Crippen molar-refractivity contribution >= 4 is 23.1 Å². The molecule has 1 saturated carbocycles. The van der Waals surface area contributed by atoms with E-state index in [1.807, 2.05) is 39.1 Å². The van der Waals surface area contributed by atoms with Crippen LogP contribution < -0.4 is 16.4 Å². The van der Waals surface area contributed by atoms with E-state index in [-0.39, 0.29) is 24.3 Å². The number of anilines is 1. The quantitative estimate of drug-likeness (QED) is 0.740. The Hall–Kier alpha value is -1.31. The summed E-state index contributed by atoms with van der Waals surface area (Å²) in [5, 5.41) is 8.35. The molecule has 0 aliphatic heterocycles. The summed E-state index contributed by atoms with van der Waals surface area (Å²) in [6.07, 6.45) is 0.492. The molecule has 1 aliphatic carbocycles. The Kier molecular flexibility index (Phi) is 5.89. The Labute approximate surface area is 141 Å². The normalized spacial score (nSPS) is 24.1. The average Bonchev–Trinajstić information content (AvgIpc) is 2.81. The zero-order valence-corrected chi connectivity index (χ0v) is 15.0. The Bertz CT molecular complexity index is 527. The van der Waals surface area contributed by atoms with Gasteiger partial charge in [-0.2, -0.15) is 0 Å². The van der Waals surface area contributed by atoms with Gasteiger partial charge < -0.3 is 25.8 Å². The zero-order valence-electron chi connectivity index (χ0n) is 14.2. The van der Waals surface area contributed by atoms with E-state index in [1.165, 1.54) is 0 Å². The topological polar surface area (TPSA) is 85.6 Å². The van der Waals surface area contributed by atoms with Crippen LogP contribution in [0.2, 0.25) is 0 Å². The van der Waals surface area contributed by atoms with Crippen molar-refractivity contribution in [3.05, 3.63) is 16.3 Å². The minimum absolute atomic E-state index is 0.00240. The average molecular weight is 341 g/mol. The lowest BCUT2D eigenvalue weighted by molar-refractivity contribution is -0.0437. The van der Waals surface area contributed by atoms with Crippen molar-refractivity contribution in [1.82, 2.24) is 10.6 Å². The highest BCUT2D eigenvalue weighted by Crippen LogP contribution is 2.26. The molecule has 1 aliphatic rings. The van der Waals surface area contributed by atoms with Crippen LogP contribution in [0.15, 0.2) is 11.4 Å². The lowest BCUT2D eigenvalue weighted by Gasteiger charge is -2.45. The maximum atomic E-state index is 11.9. The molecule has 3 atom stereocenters. The minimum atomic E-state index is -0.499. The van der Waals surface area contributed by atoms with Crippen LogP contribution in [-0.2, 0) is 16.0 Å². The third-order valence-corrected chi connectivity index (χ3v) is 4.62. The summed E-state index contributed by atoms with van der Waals surface area (Å²) in [5.41, 5.74) is 6.21. The molecule has 4 N–H and O–H groups in total. The molecule has 2 rings (SSSR count). The van der Waals surface area contributed by atoms with Crippen molar-refractivity contribution < 1.29 is 14.3 Å². The van der Waals surface area contributed by atoms with Crippen molar-refractivity contribution in [3.63, 3.8) is 0 Å². The number of amides is 1. The van der Waals surface area contributed by atoms with E-state index in [1.54, 1.807) is 11.3 Å². The van der Waals surface area contributed by atoms with E-state index in [4.69, 9.17) is 15.2 Å². The summed E-state index contributed by atoms with van der Waals surface area (Å²) in [6.45, 7) is 8.86. The van der Waals surface area contributed by atoms with Crippen molar-refractivity contribution in [2.45, 2.75) is 64.4 Å². The van der Waals surface area contributed by atoms with Crippen LogP contribution in [0.4, 0.5) is 10.5 Å². The number of rotatable bonds is 6. The summed E-state index contributed by atoms with van der Waals surface area (Å²) in [5.74, 6) is 0. The Morgan fingerprint density at radius 1 is 1.48 bits per heavy atom. The molecule has 0 aromatic carbocycles. The first-order valence-electron chi connectivity index (χ1n) is 7.96. The lowest BCUT2D eigenvalue weighted by Crippen LogP contribution is -2.66. The van der Waals surface area contributed by atoms with Gasteiger partial charge in [0.25, 0.3) is 0 Å². The van der Waals surface area contributed by atoms with Gasteiger partial charge in [0.15, 0.2) is 0 Å². The number of alkyl carbamates (subject to hydrolysis) is 1.